The van der Waals surface area contributed by atoms with Gasteiger partial charge in [0.15, 0.2) is 0 Å². The Morgan fingerprint density at radius 2 is 2.20 bits per heavy atom. The molecule has 0 bridgehead atoms. The SMILES string of the molecule is CNCC1CCCN(C(=O)c2cc3ccc(OC)cc3nc2C)C1.Cl. The molecule has 1 aromatic heterocycles. The zero-order chi connectivity index (χ0) is 17.1. The molecule has 0 aliphatic carbocycles. The highest BCUT2D eigenvalue weighted by Crippen LogP contribution is 2.24. The Bertz CT molecular complexity index is 749. The second-order valence-electron chi connectivity index (χ2n) is 6.50. The summed E-state index contributed by atoms with van der Waals surface area (Å²) < 4.78 is 5.25. The van der Waals surface area contributed by atoms with Gasteiger partial charge in [-0.3, -0.25) is 9.78 Å². The normalized spacial score (nSPS) is 17.2. The van der Waals surface area contributed by atoms with Gasteiger partial charge < -0.3 is 15.0 Å². The number of hydrogen-bond donors (Lipinski definition) is 1. The Balaban J connectivity index is 0.00000225. The van der Waals surface area contributed by atoms with Crippen molar-refractivity contribution in [1.82, 2.24) is 15.2 Å². The zero-order valence-electron chi connectivity index (χ0n) is 15.0. The Hall–Kier alpha value is -1.85. The summed E-state index contributed by atoms with van der Waals surface area (Å²) in [6.07, 6.45) is 2.24. The minimum atomic E-state index is 0. The Labute approximate surface area is 155 Å². The first-order valence-electron chi connectivity index (χ1n) is 8.51. The van der Waals surface area contributed by atoms with Crippen LogP contribution in [0.5, 0.6) is 5.75 Å². The molecule has 1 aromatic carbocycles. The fraction of sp³-hybridized carbons (Fsp3) is 0.474. The van der Waals surface area contributed by atoms with Crippen LogP contribution in [0.15, 0.2) is 24.3 Å². The maximum absolute atomic E-state index is 13.0. The van der Waals surface area contributed by atoms with Crippen LogP contribution in [-0.2, 0) is 0 Å². The lowest BCUT2D eigenvalue weighted by Gasteiger charge is -2.33. The first kappa shape index (κ1) is 19.5. The second-order valence-corrected chi connectivity index (χ2v) is 6.50. The van der Waals surface area contributed by atoms with Gasteiger partial charge >= 0.3 is 0 Å². The van der Waals surface area contributed by atoms with Crippen LogP contribution >= 0.6 is 12.4 Å². The van der Waals surface area contributed by atoms with E-state index in [-0.39, 0.29) is 18.3 Å². The number of pyridine rings is 1. The molecule has 1 fully saturated rings. The van der Waals surface area contributed by atoms with Crippen LogP contribution in [-0.4, -0.2) is 49.6 Å². The topological polar surface area (TPSA) is 54.5 Å². The highest BCUT2D eigenvalue weighted by Gasteiger charge is 2.25. The number of aryl methyl sites for hydroxylation is 1. The molecule has 136 valence electrons. The molecule has 1 aliphatic rings. The molecule has 2 heterocycles. The van der Waals surface area contributed by atoms with Gasteiger partial charge in [-0.2, -0.15) is 0 Å². The number of fused-ring (bicyclic) bond motifs is 1. The lowest BCUT2D eigenvalue weighted by atomic mass is 9.97. The highest BCUT2D eigenvalue weighted by molar-refractivity contribution is 5.98. The van der Waals surface area contributed by atoms with Crippen LogP contribution < -0.4 is 10.1 Å². The number of piperidine rings is 1. The van der Waals surface area contributed by atoms with Gasteiger partial charge in [0.25, 0.3) is 5.91 Å². The van der Waals surface area contributed by atoms with Gasteiger partial charge in [0, 0.05) is 24.5 Å². The molecular weight excluding hydrogens is 338 g/mol. The van der Waals surface area contributed by atoms with Gasteiger partial charge in [-0.25, -0.2) is 0 Å². The van der Waals surface area contributed by atoms with Crippen molar-refractivity contribution in [3.8, 4) is 5.75 Å². The summed E-state index contributed by atoms with van der Waals surface area (Å²) in [5, 5.41) is 4.19. The average molecular weight is 364 g/mol. The molecule has 25 heavy (non-hydrogen) atoms. The van der Waals surface area contributed by atoms with E-state index < -0.39 is 0 Å². The number of methoxy groups -OCH3 is 1. The number of carbonyl (C=O) groups excluding carboxylic acids is 1. The Kier molecular flexibility index (Phi) is 6.62. The number of likely N-dealkylation sites (tertiary alicyclic amines) is 1. The van der Waals surface area contributed by atoms with Crippen molar-refractivity contribution in [2.45, 2.75) is 19.8 Å². The number of aromatic nitrogens is 1. The van der Waals surface area contributed by atoms with Crippen molar-refractivity contribution in [1.29, 1.82) is 0 Å². The Morgan fingerprint density at radius 3 is 2.92 bits per heavy atom. The van der Waals surface area contributed by atoms with Crippen molar-refractivity contribution >= 4 is 29.2 Å². The average Bonchev–Trinajstić information content (AvgIpc) is 2.60. The minimum absolute atomic E-state index is 0. The van der Waals surface area contributed by atoms with Crippen LogP contribution in [0, 0.1) is 12.8 Å². The van der Waals surface area contributed by atoms with E-state index in [0.717, 1.165) is 48.4 Å². The molecule has 1 unspecified atom stereocenters. The molecule has 0 spiro atoms. The van der Waals surface area contributed by atoms with Crippen LogP contribution in [0.1, 0.15) is 28.9 Å². The van der Waals surface area contributed by atoms with Gasteiger partial charge in [0.05, 0.1) is 23.9 Å². The van der Waals surface area contributed by atoms with Crippen molar-refractivity contribution in [2.24, 2.45) is 5.92 Å². The summed E-state index contributed by atoms with van der Waals surface area (Å²) in [7, 11) is 3.61. The molecule has 1 saturated heterocycles. The fourth-order valence-electron chi connectivity index (χ4n) is 3.46. The predicted molar refractivity (Wildman–Crippen MR) is 103 cm³/mol. The third-order valence-corrected chi connectivity index (χ3v) is 4.74. The fourth-order valence-corrected chi connectivity index (χ4v) is 3.46. The van der Waals surface area contributed by atoms with Gasteiger partial charge in [-0.15, -0.1) is 12.4 Å². The molecule has 1 atom stereocenters. The van der Waals surface area contributed by atoms with Gasteiger partial charge in [-0.05, 0) is 57.5 Å². The largest absolute Gasteiger partial charge is 0.497 e. The lowest BCUT2D eigenvalue weighted by Crippen LogP contribution is -2.42. The molecule has 0 saturated carbocycles. The number of ether oxygens (including phenoxy) is 1. The molecule has 6 heteroatoms. The number of halogens is 1. The van der Waals surface area contributed by atoms with E-state index in [1.165, 1.54) is 6.42 Å². The number of benzene rings is 1. The predicted octanol–water partition coefficient (Wildman–Crippen LogP) is 3.05. The van der Waals surface area contributed by atoms with Crippen LogP contribution in [0.3, 0.4) is 0 Å². The van der Waals surface area contributed by atoms with Gasteiger partial charge in [0.1, 0.15) is 5.75 Å². The molecular formula is C19H26ClN3O2. The molecule has 5 nitrogen and oxygen atoms in total. The highest BCUT2D eigenvalue weighted by atomic mass is 35.5. The van der Waals surface area contributed by atoms with Crippen molar-refractivity contribution in [3.05, 3.63) is 35.5 Å². The zero-order valence-corrected chi connectivity index (χ0v) is 15.9. The molecule has 0 radical (unpaired) electrons. The van der Waals surface area contributed by atoms with Crippen LogP contribution in [0.2, 0.25) is 0 Å². The first-order valence-corrected chi connectivity index (χ1v) is 8.51. The summed E-state index contributed by atoms with van der Waals surface area (Å²) in [4.78, 5) is 19.6. The number of amides is 1. The maximum Gasteiger partial charge on any atom is 0.255 e. The van der Waals surface area contributed by atoms with E-state index in [9.17, 15) is 4.79 Å². The number of nitrogens with one attached hydrogen (secondary N) is 1. The van der Waals surface area contributed by atoms with Gasteiger partial charge in [-0.1, -0.05) is 0 Å². The molecule has 1 aliphatic heterocycles. The van der Waals surface area contributed by atoms with Crippen molar-refractivity contribution in [3.63, 3.8) is 0 Å². The lowest BCUT2D eigenvalue weighted by molar-refractivity contribution is 0.0673. The van der Waals surface area contributed by atoms with E-state index in [1.54, 1.807) is 7.11 Å². The third kappa shape index (κ3) is 4.22. The van der Waals surface area contributed by atoms with E-state index in [0.29, 0.717) is 11.5 Å². The minimum Gasteiger partial charge on any atom is -0.497 e. The van der Waals surface area contributed by atoms with E-state index in [2.05, 4.69) is 10.3 Å². The first-order chi connectivity index (χ1) is 11.6. The maximum atomic E-state index is 13.0. The molecule has 1 N–H and O–H groups in total. The molecule has 2 aromatic rings. The number of hydrogen-bond acceptors (Lipinski definition) is 4. The standard InChI is InChI=1S/C19H25N3O2.ClH/c1-13-17(9-15-6-7-16(24-3)10-18(15)21-13)19(23)22-8-4-5-14(12-22)11-20-2;/h6-7,9-10,14,20H,4-5,8,11-12H2,1-3H3;1H. The van der Waals surface area contributed by atoms with Crippen LogP contribution in [0.25, 0.3) is 10.9 Å². The monoisotopic (exact) mass is 363 g/mol. The quantitative estimate of drug-likeness (QED) is 0.907. The summed E-state index contributed by atoms with van der Waals surface area (Å²) in [5.41, 5.74) is 2.34. The smallest absolute Gasteiger partial charge is 0.255 e. The summed E-state index contributed by atoms with van der Waals surface area (Å²) in [6.45, 7) is 4.51. The number of rotatable bonds is 4. The molecule has 3 rings (SSSR count). The van der Waals surface area contributed by atoms with E-state index in [4.69, 9.17) is 4.74 Å². The van der Waals surface area contributed by atoms with E-state index >= 15 is 0 Å². The number of nitrogens with zero attached hydrogens (tertiary/aromatic N) is 2. The Morgan fingerprint density at radius 1 is 1.40 bits per heavy atom. The van der Waals surface area contributed by atoms with Crippen LogP contribution in [0.4, 0.5) is 0 Å². The summed E-state index contributed by atoms with van der Waals surface area (Å²) in [5.74, 6) is 1.41. The van der Waals surface area contributed by atoms with E-state index in [1.807, 2.05) is 43.1 Å². The summed E-state index contributed by atoms with van der Waals surface area (Å²) in [6, 6.07) is 7.72. The molecule has 1 amide bonds. The second kappa shape index (κ2) is 8.50. The summed E-state index contributed by atoms with van der Waals surface area (Å²) >= 11 is 0. The third-order valence-electron chi connectivity index (χ3n) is 4.74. The van der Waals surface area contributed by atoms with Crippen molar-refractivity contribution in [2.75, 3.05) is 33.8 Å². The van der Waals surface area contributed by atoms with Crippen molar-refractivity contribution < 1.29 is 9.53 Å². The van der Waals surface area contributed by atoms with Gasteiger partial charge in [0.2, 0.25) is 0 Å². The number of carbonyl (C=O) groups is 1.